The number of ether oxygens (including phenoxy) is 2. The molecule has 0 atom stereocenters. The summed E-state index contributed by atoms with van der Waals surface area (Å²) in [6, 6.07) is 0.845. The fraction of sp³-hybridized carbons (Fsp3) is 0.400. The molecule has 106 valence electrons. The van der Waals surface area contributed by atoms with Gasteiger partial charge in [-0.3, -0.25) is 9.59 Å². The van der Waals surface area contributed by atoms with Gasteiger partial charge in [-0.05, 0) is 6.07 Å². The molecular weight excluding hydrogens is 291 g/mol. The molecule has 0 aromatic carbocycles. The highest BCUT2D eigenvalue weighted by atomic mass is 35.5. The van der Waals surface area contributed by atoms with Gasteiger partial charge >= 0.3 is 12.3 Å². The fourth-order valence-electron chi connectivity index (χ4n) is 1.25. The molecule has 1 aromatic rings. The Morgan fingerprint density at radius 3 is 2.58 bits per heavy atom. The summed E-state index contributed by atoms with van der Waals surface area (Å²) < 4.78 is 44.7. The first kappa shape index (κ1) is 15.4. The summed E-state index contributed by atoms with van der Waals surface area (Å²) in [5.74, 6) is -1.79. The van der Waals surface area contributed by atoms with Crippen molar-refractivity contribution in [1.29, 1.82) is 0 Å². The zero-order chi connectivity index (χ0) is 14.6. The van der Waals surface area contributed by atoms with Gasteiger partial charge in [-0.15, -0.1) is 24.8 Å². The van der Waals surface area contributed by atoms with Gasteiger partial charge in [0.25, 0.3) is 5.56 Å². The first-order valence-electron chi connectivity index (χ1n) is 4.90. The highest BCUT2D eigenvalue weighted by molar-refractivity contribution is 6.17. The summed E-state index contributed by atoms with van der Waals surface area (Å²) >= 11 is 5.41. The average Bonchev–Trinajstić information content (AvgIpc) is 2.30. The first-order valence-corrected chi connectivity index (χ1v) is 5.44. The second-order valence-electron chi connectivity index (χ2n) is 3.40. The van der Waals surface area contributed by atoms with E-state index in [9.17, 15) is 22.8 Å². The van der Waals surface area contributed by atoms with Crippen molar-refractivity contribution in [2.45, 2.75) is 18.7 Å². The monoisotopic (exact) mass is 299 g/mol. The lowest BCUT2D eigenvalue weighted by atomic mass is 10.2. The molecule has 0 fully saturated rings. The van der Waals surface area contributed by atoms with Crippen LogP contribution in [0.5, 0.6) is 5.75 Å². The van der Waals surface area contributed by atoms with Crippen molar-refractivity contribution < 1.29 is 27.4 Å². The molecule has 1 N–H and O–H groups in total. The minimum absolute atomic E-state index is 0.102. The number of hydrogen-bond donors (Lipinski definition) is 1. The minimum Gasteiger partial charge on any atom is -0.469 e. The van der Waals surface area contributed by atoms with E-state index in [0.29, 0.717) is 0 Å². The number of halogens is 4. The Labute approximate surface area is 110 Å². The van der Waals surface area contributed by atoms with Gasteiger partial charge in [0.1, 0.15) is 5.75 Å². The Balaban J connectivity index is 3.22. The third-order valence-electron chi connectivity index (χ3n) is 2.08. The summed E-state index contributed by atoms with van der Waals surface area (Å²) in [6.07, 6.45) is -5.51. The molecule has 19 heavy (non-hydrogen) atoms. The molecule has 0 aliphatic rings. The third-order valence-corrected chi connectivity index (χ3v) is 2.37. The van der Waals surface area contributed by atoms with Crippen molar-refractivity contribution in [1.82, 2.24) is 4.98 Å². The molecule has 0 amide bonds. The third kappa shape index (κ3) is 4.47. The van der Waals surface area contributed by atoms with E-state index in [4.69, 9.17) is 11.6 Å². The highest BCUT2D eigenvalue weighted by Gasteiger charge is 2.33. The Hall–Kier alpha value is -1.70. The number of H-pyrrole nitrogens is 1. The fourth-order valence-corrected chi connectivity index (χ4v) is 1.45. The molecule has 0 saturated carbocycles. The molecule has 0 radical (unpaired) electrons. The van der Waals surface area contributed by atoms with E-state index in [1.165, 1.54) is 0 Å². The lowest BCUT2D eigenvalue weighted by Gasteiger charge is -2.13. The average molecular weight is 300 g/mol. The van der Waals surface area contributed by atoms with Gasteiger partial charge in [0, 0.05) is 5.56 Å². The second kappa shape index (κ2) is 5.96. The predicted octanol–water partition coefficient (Wildman–Crippen LogP) is 1.73. The first-order chi connectivity index (χ1) is 8.76. The van der Waals surface area contributed by atoms with Gasteiger partial charge in [-0.2, -0.15) is 0 Å². The normalized spacial score (nSPS) is 11.2. The number of hydrogen-bond acceptors (Lipinski definition) is 4. The number of pyridine rings is 1. The predicted molar refractivity (Wildman–Crippen MR) is 59.0 cm³/mol. The number of nitrogens with one attached hydrogen (secondary N) is 1. The minimum atomic E-state index is -4.95. The number of esters is 1. The van der Waals surface area contributed by atoms with Crippen molar-refractivity contribution >= 4 is 17.6 Å². The number of methoxy groups -OCH3 is 1. The van der Waals surface area contributed by atoms with Crippen LogP contribution < -0.4 is 10.3 Å². The van der Waals surface area contributed by atoms with Crippen LogP contribution in [-0.2, 0) is 21.8 Å². The van der Waals surface area contributed by atoms with Crippen LogP contribution in [0.1, 0.15) is 11.3 Å². The standard InChI is InChI=1S/C10H9ClF3NO4/c1-18-8(16)3-6-7(19-10(12,13)14)2-5(4-11)9(17)15-6/h2H,3-4H2,1H3,(H,15,17). The molecule has 1 rings (SSSR count). The van der Waals surface area contributed by atoms with Gasteiger partial charge < -0.3 is 14.5 Å². The zero-order valence-corrected chi connectivity index (χ0v) is 10.4. The van der Waals surface area contributed by atoms with Crippen LogP contribution in [0.25, 0.3) is 0 Å². The summed E-state index contributed by atoms with van der Waals surface area (Å²) in [4.78, 5) is 24.6. The smallest absolute Gasteiger partial charge is 0.469 e. The van der Waals surface area contributed by atoms with Gasteiger partial charge in [0.15, 0.2) is 0 Å². The van der Waals surface area contributed by atoms with E-state index < -0.39 is 30.1 Å². The highest BCUT2D eigenvalue weighted by Crippen LogP contribution is 2.26. The Morgan fingerprint density at radius 2 is 2.11 bits per heavy atom. The van der Waals surface area contributed by atoms with Crippen LogP contribution in [-0.4, -0.2) is 24.4 Å². The van der Waals surface area contributed by atoms with Crippen LogP contribution >= 0.6 is 11.6 Å². The molecule has 0 saturated heterocycles. The van der Waals surface area contributed by atoms with Gasteiger partial charge in [-0.1, -0.05) is 0 Å². The molecule has 1 heterocycles. The summed E-state index contributed by atoms with van der Waals surface area (Å²) in [7, 11) is 1.07. The number of rotatable bonds is 4. The van der Waals surface area contributed by atoms with Crippen LogP contribution in [0.3, 0.4) is 0 Å². The van der Waals surface area contributed by atoms with Gasteiger partial charge in [-0.25, -0.2) is 0 Å². The quantitative estimate of drug-likeness (QED) is 0.679. The number of aromatic nitrogens is 1. The largest absolute Gasteiger partial charge is 0.573 e. The molecule has 5 nitrogen and oxygen atoms in total. The molecule has 0 aliphatic carbocycles. The maximum atomic E-state index is 12.2. The van der Waals surface area contributed by atoms with Gasteiger partial charge in [0.2, 0.25) is 0 Å². The number of alkyl halides is 4. The van der Waals surface area contributed by atoms with Crippen LogP contribution in [0.4, 0.5) is 13.2 Å². The summed E-state index contributed by atoms with van der Waals surface area (Å²) in [6.45, 7) is 0. The molecule has 0 unspecified atom stereocenters. The van der Waals surface area contributed by atoms with E-state index in [2.05, 4.69) is 14.5 Å². The molecule has 9 heteroatoms. The van der Waals surface area contributed by atoms with E-state index in [-0.39, 0.29) is 17.1 Å². The molecular formula is C10H9ClF3NO4. The second-order valence-corrected chi connectivity index (χ2v) is 3.67. The van der Waals surface area contributed by atoms with Crippen molar-refractivity contribution in [3.63, 3.8) is 0 Å². The number of aromatic amines is 1. The van der Waals surface area contributed by atoms with E-state index in [1.807, 2.05) is 0 Å². The van der Waals surface area contributed by atoms with Crippen LogP contribution in [0, 0.1) is 0 Å². The molecule has 0 bridgehead atoms. The maximum absolute atomic E-state index is 12.2. The number of carbonyl (C=O) groups excluding carboxylic acids is 1. The van der Waals surface area contributed by atoms with Crippen molar-refractivity contribution in [3.05, 3.63) is 27.7 Å². The lowest BCUT2D eigenvalue weighted by Crippen LogP contribution is -2.23. The summed E-state index contributed by atoms with van der Waals surface area (Å²) in [5, 5.41) is 0. The van der Waals surface area contributed by atoms with Crippen molar-refractivity contribution in [2.24, 2.45) is 0 Å². The van der Waals surface area contributed by atoms with Crippen LogP contribution in [0.15, 0.2) is 10.9 Å². The number of carbonyl (C=O) groups is 1. The Kier molecular flexibility index (Phi) is 4.82. The zero-order valence-electron chi connectivity index (χ0n) is 9.64. The van der Waals surface area contributed by atoms with Crippen molar-refractivity contribution in [3.8, 4) is 5.75 Å². The van der Waals surface area contributed by atoms with E-state index in [0.717, 1.165) is 13.2 Å². The maximum Gasteiger partial charge on any atom is 0.573 e. The SMILES string of the molecule is COC(=O)Cc1[nH]c(=O)c(CCl)cc1OC(F)(F)F. The van der Waals surface area contributed by atoms with E-state index >= 15 is 0 Å². The molecule has 0 spiro atoms. The Bertz CT molecular complexity index is 526. The Morgan fingerprint density at radius 1 is 1.47 bits per heavy atom. The van der Waals surface area contributed by atoms with Crippen LogP contribution in [0.2, 0.25) is 0 Å². The van der Waals surface area contributed by atoms with E-state index in [1.54, 1.807) is 0 Å². The van der Waals surface area contributed by atoms with Crippen molar-refractivity contribution in [2.75, 3.05) is 7.11 Å². The molecule has 1 aromatic heterocycles. The topological polar surface area (TPSA) is 68.4 Å². The molecule has 0 aliphatic heterocycles. The lowest BCUT2D eigenvalue weighted by molar-refractivity contribution is -0.275. The van der Waals surface area contributed by atoms with Gasteiger partial charge in [0.05, 0.1) is 25.1 Å². The summed E-state index contributed by atoms with van der Waals surface area (Å²) in [5.41, 5.74) is -1.12.